The van der Waals surface area contributed by atoms with Crippen LogP contribution in [-0.2, 0) is 10.2 Å². The Morgan fingerprint density at radius 3 is 2.44 bits per heavy atom. The molecule has 3 N–H and O–H groups in total. The fraction of sp³-hybridized carbons (Fsp3) is 0.333. The van der Waals surface area contributed by atoms with Crippen molar-refractivity contribution >= 4 is 43.6 Å². The van der Waals surface area contributed by atoms with Crippen LogP contribution in [0.5, 0.6) is 0 Å². The lowest BCUT2D eigenvalue weighted by Crippen LogP contribution is -2.30. The molecule has 1 atom stereocenters. The van der Waals surface area contributed by atoms with Gasteiger partial charge in [0.15, 0.2) is 0 Å². The minimum atomic E-state index is -4.73. The van der Waals surface area contributed by atoms with Crippen LogP contribution in [0.3, 0.4) is 0 Å². The predicted molar refractivity (Wildman–Crippen MR) is 97.1 cm³/mol. The molecule has 0 aliphatic heterocycles. The van der Waals surface area contributed by atoms with E-state index in [1.54, 1.807) is 6.20 Å². The van der Waals surface area contributed by atoms with Crippen LogP contribution in [0.1, 0.15) is 13.8 Å². The van der Waals surface area contributed by atoms with Gasteiger partial charge in [0.05, 0.1) is 22.0 Å². The molecule has 7 nitrogen and oxygen atoms in total. The summed E-state index contributed by atoms with van der Waals surface area (Å²) in [7, 11) is -4.73. The number of rotatable bonds is 7. The molecule has 0 radical (unpaired) electrons. The summed E-state index contributed by atoms with van der Waals surface area (Å²) in [4.78, 5) is 8.03. The molecule has 0 saturated heterocycles. The van der Waals surface area contributed by atoms with E-state index in [4.69, 9.17) is 0 Å². The van der Waals surface area contributed by atoms with Crippen LogP contribution in [0.4, 0.5) is 21.3 Å². The zero-order chi connectivity index (χ0) is 18.6. The van der Waals surface area contributed by atoms with Gasteiger partial charge in [0.25, 0.3) is 0 Å². The molecule has 0 spiro atoms. The molecule has 0 saturated carbocycles. The van der Waals surface area contributed by atoms with Crippen molar-refractivity contribution in [1.82, 2.24) is 9.97 Å². The lowest BCUT2D eigenvalue weighted by Gasteiger charge is -2.21. The summed E-state index contributed by atoms with van der Waals surface area (Å²) in [6.45, 7) is 3.90. The van der Waals surface area contributed by atoms with Gasteiger partial charge in [-0.25, -0.2) is 4.98 Å². The van der Waals surface area contributed by atoms with Crippen LogP contribution in [0.15, 0.2) is 39.8 Å². The Labute approximate surface area is 154 Å². The first kappa shape index (κ1) is 19.5. The minimum Gasteiger partial charge on any atom is -0.394 e. The van der Waals surface area contributed by atoms with Crippen LogP contribution in [-0.4, -0.2) is 36.1 Å². The van der Waals surface area contributed by atoms with Gasteiger partial charge in [0.2, 0.25) is 5.95 Å². The monoisotopic (exact) mass is 432 g/mol. The third-order valence-corrected chi connectivity index (χ3v) is 4.88. The molecule has 1 aromatic heterocycles. The number of nitrogens with zero attached hydrogens (tertiary/aromatic N) is 2. The molecule has 2 rings (SSSR count). The molecular weight excluding hydrogens is 415 g/mol. The van der Waals surface area contributed by atoms with Crippen LogP contribution >= 0.6 is 15.9 Å². The highest BCUT2D eigenvalue weighted by Crippen LogP contribution is 2.24. The second kappa shape index (κ2) is 8.07. The molecule has 0 aliphatic rings. The summed E-state index contributed by atoms with van der Waals surface area (Å²) in [6.07, 6.45) is 1.55. The summed E-state index contributed by atoms with van der Waals surface area (Å²) in [5.74, 6) is 0.966. The number of nitrogens with one attached hydrogen (secondary N) is 2. The normalized spacial score (nSPS) is 12.9. The Kier molecular flexibility index (Phi) is 6.31. The van der Waals surface area contributed by atoms with Gasteiger partial charge >= 0.3 is 10.2 Å². The predicted octanol–water partition coefficient (Wildman–Crippen LogP) is 3.07. The number of aliphatic hydroxyl groups excluding tert-OH is 1. The standard InChI is InChI=1S/C15H18BrFN4O3S/c1-9(2)13(8-22)20-14-12(16)7-18-15(21-14)19-10-3-5-11(6-4-10)25(17,23)24/h3-7,9,13,22H,8H2,1-2H3,(H2,18,19,20,21)/t13-/m1/s1. The zero-order valence-electron chi connectivity index (χ0n) is 13.6. The van der Waals surface area contributed by atoms with Crippen LogP contribution < -0.4 is 10.6 Å². The minimum absolute atomic E-state index is 0.0456. The molecule has 136 valence electrons. The van der Waals surface area contributed by atoms with Gasteiger partial charge in [-0.15, -0.1) is 3.89 Å². The van der Waals surface area contributed by atoms with Gasteiger partial charge in [-0.05, 0) is 46.1 Å². The summed E-state index contributed by atoms with van der Waals surface area (Å²) < 4.78 is 35.2. The van der Waals surface area contributed by atoms with E-state index in [0.717, 1.165) is 12.1 Å². The number of hydrogen-bond donors (Lipinski definition) is 3. The van der Waals surface area contributed by atoms with Gasteiger partial charge in [-0.2, -0.15) is 13.4 Å². The summed E-state index contributed by atoms with van der Waals surface area (Å²) >= 11 is 3.35. The van der Waals surface area contributed by atoms with E-state index >= 15 is 0 Å². The van der Waals surface area contributed by atoms with Crippen molar-refractivity contribution < 1.29 is 17.4 Å². The molecule has 25 heavy (non-hydrogen) atoms. The maximum atomic E-state index is 12.9. The van der Waals surface area contributed by atoms with Gasteiger partial charge in [0, 0.05) is 11.9 Å². The molecule has 0 amide bonds. The van der Waals surface area contributed by atoms with E-state index in [-0.39, 0.29) is 24.5 Å². The largest absolute Gasteiger partial charge is 0.394 e. The first-order chi connectivity index (χ1) is 11.7. The molecule has 2 aromatic rings. The van der Waals surface area contributed by atoms with E-state index < -0.39 is 15.1 Å². The molecule has 0 fully saturated rings. The quantitative estimate of drug-likeness (QED) is 0.577. The van der Waals surface area contributed by atoms with Crippen LogP contribution in [0.25, 0.3) is 0 Å². The van der Waals surface area contributed by atoms with Crippen molar-refractivity contribution in [3.8, 4) is 0 Å². The number of benzene rings is 1. The first-order valence-electron chi connectivity index (χ1n) is 7.42. The molecule has 10 heteroatoms. The summed E-state index contributed by atoms with van der Waals surface area (Å²) in [5.41, 5.74) is 0.503. The van der Waals surface area contributed by atoms with E-state index in [1.807, 2.05) is 13.8 Å². The van der Waals surface area contributed by atoms with E-state index in [0.29, 0.717) is 16.0 Å². The number of aliphatic hydroxyl groups is 1. The topological polar surface area (TPSA) is 104 Å². The number of halogens is 2. The third-order valence-electron chi connectivity index (χ3n) is 3.46. The Balaban J connectivity index is 2.19. The fourth-order valence-electron chi connectivity index (χ4n) is 1.96. The van der Waals surface area contributed by atoms with Crippen LogP contribution in [0, 0.1) is 5.92 Å². The second-order valence-electron chi connectivity index (χ2n) is 5.65. The van der Waals surface area contributed by atoms with Crippen LogP contribution in [0.2, 0.25) is 0 Å². The maximum absolute atomic E-state index is 12.9. The summed E-state index contributed by atoms with van der Waals surface area (Å²) in [6, 6.07) is 4.95. The lowest BCUT2D eigenvalue weighted by atomic mass is 10.1. The number of anilines is 3. The SMILES string of the molecule is CC(C)[C@@H](CO)Nc1nc(Nc2ccc(S(=O)(=O)F)cc2)ncc1Br. The number of aromatic nitrogens is 2. The zero-order valence-corrected chi connectivity index (χ0v) is 16.0. The fourth-order valence-corrected chi connectivity index (χ4v) is 2.72. The maximum Gasteiger partial charge on any atom is 0.332 e. The van der Waals surface area contributed by atoms with Crippen molar-refractivity contribution in [2.75, 3.05) is 17.2 Å². The third kappa shape index (κ3) is 5.35. The smallest absolute Gasteiger partial charge is 0.332 e. The van der Waals surface area contributed by atoms with Gasteiger partial charge < -0.3 is 15.7 Å². The molecule has 0 unspecified atom stereocenters. The van der Waals surface area contributed by atoms with Gasteiger partial charge in [0.1, 0.15) is 5.82 Å². The number of hydrogen-bond acceptors (Lipinski definition) is 7. The van der Waals surface area contributed by atoms with Crippen molar-refractivity contribution in [3.05, 3.63) is 34.9 Å². The first-order valence-corrected chi connectivity index (χ1v) is 9.60. The highest BCUT2D eigenvalue weighted by Gasteiger charge is 2.15. The molecule has 0 aliphatic carbocycles. The molecule has 1 aromatic carbocycles. The van der Waals surface area contributed by atoms with E-state index in [9.17, 15) is 17.4 Å². The molecule has 1 heterocycles. The van der Waals surface area contributed by atoms with Crippen molar-refractivity contribution in [2.45, 2.75) is 24.8 Å². The average molecular weight is 433 g/mol. The second-order valence-corrected chi connectivity index (χ2v) is 7.86. The van der Waals surface area contributed by atoms with E-state index in [1.165, 1.54) is 12.1 Å². The lowest BCUT2D eigenvalue weighted by molar-refractivity contribution is 0.249. The highest BCUT2D eigenvalue weighted by atomic mass is 79.9. The Morgan fingerprint density at radius 1 is 1.28 bits per heavy atom. The van der Waals surface area contributed by atoms with Gasteiger partial charge in [-0.3, -0.25) is 0 Å². The van der Waals surface area contributed by atoms with Gasteiger partial charge in [-0.1, -0.05) is 13.8 Å². The van der Waals surface area contributed by atoms with E-state index in [2.05, 4.69) is 36.5 Å². The molecular formula is C15H18BrFN4O3S. The Morgan fingerprint density at radius 2 is 1.92 bits per heavy atom. The average Bonchev–Trinajstić information content (AvgIpc) is 2.54. The highest BCUT2D eigenvalue weighted by molar-refractivity contribution is 9.10. The van der Waals surface area contributed by atoms with Crippen molar-refractivity contribution in [1.29, 1.82) is 0 Å². The molecule has 0 bridgehead atoms. The Bertz CT molecular complexity index is 831. The Hall–Kier alpha value is -1.78. The van der Waals surface area contributed by atoms with Crippen molar-refractivity contribution in [3.63, 3.8) is 0 Å². The van der Waals surface area contributed by atoms with Crippen molar-refractivity contribution in [2.24, 2.45) is 5.92 Å². The summed E-state index contributed by atoms with van der Waals surface area (Å²) in [5, 5.41) is 15.5.